The third-order valence-electron chi connectivity index (χ3n) is 2.54. The molecule has 0 aliphatic carbocycles. The van der Waals surface area contributed by atoms with E-state index in [0.717, 1.165) is 0 Å². The minimum atomic E-state index is -0.450. The fourth-order valence-electron chi connectivity index (χ4n) is 1.68. The van der Waals surface area contributed by atoms with Gasteiger partial charge in [0.15, 0.2) is 0 Å². The summed E-state index contributed by atoms with van der Waals surface area (Å²) in [5.41, 5.74) is 0.681. The van der Waals surface area contributed by atoms with Gasteiger partial charge in [0.2, 0.25) is 5.89 Å². The summed E-state index contributed by atoms with van der Waals surface area (Å²) >= 11 is 6.03. The van der Waals surface area contributed by atoms with E-state index in [2.05, 4.69) is 9.97 Å². The predicted octanol–water partition coefficient (Wildman–Crippen LogP) is 2.90. The highest BCUT2D eigenvalue weighted by Crippen LogP contribution is 2.22. The van der Waals surface area contributed by atoms with E-state index in [1.165, 1.54) is 0 Å². The molecule has 1 aromatic carbocycles. The molecular formula is C13H7ClN2O2. The molecule has 3 rings (SSSR count). The van der Waals surface area contributed by atoms with Gasteiger partial charge in [-0.15, -0.1) is 0 Å². The van der Waals surface area contributed by atoms with Crippen molar-refractivity contribution in [3.63, 3.8) is 0 Å². The van der Waals surface area contributed by atoms with Gasteiger partial charge >= 0.3 is 5.63 Å². The Bertz CT molecular complexity index is 769. The second kappa shape index (κ2) is 4.23. The average Bonchev–Trinajstić information content (AvgIpc) is 2.41. The molecule has 0 N–H and O–H groups in total. The number of hydrogen-bond donors (Lipinski definition) is 0. The molecule has 0 aliphatic rings. The van der Waals surface area contributed by atoms with Crippen molar-refractivity contribution in [3.8, 4) is 11.5 Å². The van der Waals surface area contributed by atoms with Crippen LogP contribution in [0.2, 0.25) is 5.02 Å². The summed E-state index contributed by atoms with van der Waals surface area (Å²) in [5, 5.41) is 0.802. The van der Waals surface area contributed by atoms with Crippen molar-refractivity contribution < 1.29 is 4.42 Å². The van der Waals surface area contributed by atoms with Gasteiger partial charge in [-0.05, 0) is 24.3 Å². The van der Waals surface area contributed by atoms with Gasteiger partial charge < -0.3 is 4.42 Å². The normalized spacial score (nSPS) is 10.7. The van der Waals surface area contributed by atoms with E-state index in [-0.39, 0.29) is 5.89 Å². The van der Waals surface area contributed by atoms with Gasteiger partial charge in [0, 0.05) is 18.0 Å². The van der Waals surface area contributed by atoms with Crippen LogP contribution in [0.3, 0.4) is 0 Å². The lowest BCUT2D eigenvalue weighted by Crippen LogP contribution is -2.03. The third kappa shape index (κ3) is 1.76. The fourth-order valence-corrected chi connectivity index (χ4v) is 1.90. The van der Waals surface area contributed by atoms with Crippen LogP contribution in [0.1, 0.15) is 0 Å². The Morgan fingerprint density at radius 2 is 1.89 bits per heavy atom. The standard InChI is InChI=1S/C13H7ClN2O2/c14-10-3-1-2-9-11(10)16-12(18-13(9)17)8-4-6-15-7-5-8/h1-7H. The van der Waals surface area contributed by atoms with Crippen LogP contribution in [0, 0.1) is 0 Å². The van der Waals surface area contributed by atoms with Crippen molar-refractivity contribution in [2.45, 2.75) is 0 Å². The number of pyridine rings is 1. The van der Waals surface area contributed by atoms with E-state index in [1.54, 1.807) is 42.7 Å². The van der Waals surface area contributed by atoms with Crippen molar-refractivity contribution in [2.75, 3.05) is 0 Å². The molecule has 3 aromatic rings. The van der Waals surface area contributed by atoms with Crippen molar-refractivity contribution in [1.29, 1.82) is 0 Å². The summed E-state index contributed by atoms with van der Waals surface area (Å²) in [7, 11) is 0. The minimum absolute atomic E-state index is 0.239. The van der Waals surface area contributed by atoms with E-state index in [4.69, 9.17) is 16.0 Å². The largest absolute Gasteiger partial charge is 0.403 e. The van der Waals surface area contributed by atoms with Crippen LogP contribution in [0.15, 0.2) is 51.9 Å². The first-order valence-corrected chi connectivity index (χ1v) is 5.63. The van der Waals surface area contributed by atoms with E-state index >= 15 is 0 Å². The third-order valence-corrected chi connectivity index (χ3v) is 2.84. The number of para-hydroxylation sites is 1. The van der Waals surface area contributed by atoms with E-state index in [0.29, 0.717) is 21.5 Å². The molecule has 2 heterocycles. The molecule has 0 amide bonds. The van der Waals surface area contributed by atoms with Crippen molar-refractivity contribution in [3.05, 3.63) is 58.2 Å². The fraction of sp³-hybridized carbons (Fsp3) is 0. The molecule has 5 heteroatoms. The van der Waals surface area contributed by atoms with Crippen molar-refractivity contribution in [1.82, 2.24) is 9.97 Å². The first kappa shape index (κ1) is 10.9. The second-order valence-corrected chi connectivity index (χ2v) is 4.09. The van der Waals surface area contributed by atoms with Crippen molar-refractivity contribution >= 4 is 22.5 Å². The molecule has 2 aromatic heterocycles. The molecule has 0 atom stereocenters. The Hall–Kier alpha value is -2.20. The molecule has 0 radical (unpaired) electrons. The molecule has 88 valence electrons. The van der Waals surface area contributed by atoms with Crippen LogP contribution in [0.25, 0.3) is 22.4 Å². The van der Waals surface area contributed by atoms with Gasteiger partial charge in [-0.1, -0.05) is 17.7 Å². The summed E-state index contributed by atoms with van der Waals surface area (Å²) in [6.07, 6.45) is 3.21. The minimum Gasteiger partial charge on any atom is -0.403 e. The lowest BCUT2D eigenvalue weighted by Gasteiger charge is -2.02. The Labute approximate surface area is 107 Å². The lowest BCUT2D eigenvalue weighted by molar-refractivity contribution is 0.518. The maximum Gasteiger partial charge on any atom is 0.347 e. The van der Waals surface area contributed by atoms with Crippen LogP contribution in [-0.2, 0) is 0 Å². The number of fused-ring (bicyclic) bond motifs is 1. The maximum atomic E-state index is 11.8. The number of hydrogen-bond acceptors (Lipinski definition) is 4. The lowest BCUT2D eigenvalue weighted by atomic mass is 10.2. The van der Waals surface area contributed by atoms with Crippen LogP contribution >= 0.6 is 11.6 Å². The van der Waals surface area contributed by atoms with E-state index in [1.807, 2.05) is 0 Å². The molecule has 0 saturated heterocycles. The zero-order chi connectivity index (χ0) is 12.5. The Morgan fingerprint density at radius 1 is 1.11 bits per heavy atom. The number of aromatic nitrogens is 2. The topological polar surface area (TPSA) is 56.0 Å². The Morgan fingerprint density at radius 3 is 2.67 bits per heavy atom. The molecule has 0 saturated carbocycles. The average molecular weight is 259 g/mol. The van der Waals surface area contributed by atoms with Gasteiger partial charge in [0.05, 0.1) is 10.4 Å². The quantitative estimate of drug-likeness (QED) is 0.673. The molecule has 18 heavy (non-hydrogen) atoms. The van der Waals surface area contributed by atoms with Crippen LogP contribution in [0.4, 0.5) is 0 Å². The first-order valence-electron chi connectivity index (χ1n) is 5.25. The van der Waals surface area contributed by atoms with Crippen LogP contribution < -0.4 is 5.63 Å². The number of benzene rings is 1. The number of halogens is 1. The monoisotopic (exact) mass is 258 g/mol. The summed E-state index contributed by atoms with van der Waals surface area (Å²) < 4.78 is 5.18. The summed E-state index contributed by atoms with van der Waals surface area (Å²) in [6.45, 7) is 0. The van der Waals surface area contributed by atoms with E-state index in [9.17, 15) is 4.79 Å². The molecule has 0 bridgehead atoms. The van der Waals surface area contributed by atoms with E-state index < -0.39 is 5.63 Å². The van der Waals surface area contributed by atoms with Gasteiger partial charge in [-0.3, -0.25) is 4.98 Å². The Balaban J connectivity index is 2.34. The smallest absolute Gasteiger partial charge is 0.347 e. The van der Waals surface area contributed by atoms with Gasteiger partial charge in [0.1, 0.15) is 5.52 Å². The van der Waals surface area contributed by atoms with Gasteiger partial charge in [-0.25, -0.2) is 9.78 Å². The molecule has 0 aliphatic heterocycles. The summed E-state index contributed by atoms with van der Waals surface area (Å²) in [6, 6.07) is 8.44. The number of nitrogens with zero attached hydrogens (tertiary/aromatic N) is 2. The SMILES string of the molecule is O=c1oc(-c2ccncc2)nc2c(Cl)cccc12. The predicted molar refractivity (Wildman–Crippen MR) is 68.5 cm³/mol. The zero-order valence-corrected chi connectivity index (χ0v) is 9.89. The maximum absolute atomic E-state index is 11.8. The molecule has 0 spiro atoms. The Kier molecular flexibility index (Phi) is 2.57. The van der Waals surface area contributed by atoms with Crippen molar-refractivity contribution in [2.24, 2.45) is 0 Å². The molecule has 0 unspecified atom stereocenters. The highest BCUT2D eigenvalue weighted by atomic mass is 35.5. The van der Waals surface area contributed by atoms with Gasteiger partial charge in [0.25, 0.3) is 0 Å². The first-order chi connectivity index (χ1) is 8.75. The van der Waals surface area contributed by atoms with Crippen LogP contribution in [0.5, 0.6) is 0 Å². The zero-order valence-electron chi connectivity index (χ0n) is 9.13. The van der Waals surface area contributed by atoms with Crippen LogP contribution in [-0.4, -0.2) is 9.97 Å². The number of rotatable bonds is 1. The molecule has 0 fully saturated rings. The van der Waals surface area contributed by atoms with Gasteiger partial charge in [-0.2, -0.15) is 0 Å². The molecule has 4 nitrogen and oxygen atoms in total. The summed E-state index contributed by atoms with van der Waals surface area (Å²) in [5.74, 6) is 0.239. The second-order valence-electron chi connectivity index (χ2n) is 3.68. The summed E-state index contributed by atoms with van der Waals surface area (Å²) in [4.78, 5) is 20.0. The highest BCUT2D eigenvalue weighted by molar-refractivity contribution is 6.35. The highest BCUT2D eigenvalue weighted by Gasteiger charge is 2.10. The molecular weight excluding hydrogens is 252 g/mol.